The van der Waals surface area contributed by atoms with Crippen molar-refractivity contribution in [1.82, 2.24) is 0 Å². The first-order valence-corrected chi connectivity index (χ1v) is 6.18. The highest BCUT2D eigenvalue weighted by molar-refractivity contribution is 5.27. The maximum atomic E-state index is 9.21. The molecule has 0 aliphatic rings. The van der Waals surface area contributed by atoms with Crippen LogP contribution in [0.1, 0.15) is 31.9 Å². The van der Waals surface area contributed by atoms with Gasteiger partial charge in [-0.05, 0) is 34.4 Å². The molecule has 0 unspecified atom stereocenters. The Kier molecular flexibility index (Phi) is 5.20. The number of nitrogens with zero attached hydrogens (tertiary/aromatic N) is 3. The Labute approximate surface area is 108 Å². The van der Waals surface area contributed by atoms with Crippen LogP contribution < -0.4 is 0 Å². The van der Waals surface area contributed by atoms with Crippen molar-refractivity contribution in [3.63, 3.8) is 0 Å². The Morgan fingerprint density at radius 3 is 2.33 bits per heavy atom. The van der Waals surface area contributed by atoms with Crippen LogP contribution in [0.4, 0.5) is 0 Å². The first-order chi connectivity index (χ1) is 8.47. The molecular formula is C14H21N3O. The number of aliphatic hydroxyl groups is 1. The second kappa shape index (κ2) is 6.43. The molecule has 0 spiro atoms. The molecule has 1 aromatic rings. The van der Waals surface area contributed by atoms with E-state index in [1.165, 1.54) is 5.56 Å². The average molecular weight is 247 g/mol. The van der Waals surface area contributed by atoms with Crippen molar-refractivity contribution in [2.45, 2.75) is 32.6 Å². The van der Waals surface area contributed by atoms with Gasteiger partial charge in [0, 0.05) is 18.1 Å². The first-order valence-electron chi connectivity index (χ1n) is 6.18. The molecule has 4 heteroatoms. The molecule has 0 aliphatic carbocycles. The first kappa shape index (κ1) is 14.6. The molecule has 4 nitrogen and oxygen atoms in total. The van der Waals surface area contributed by atoms with E-state index in [0.717, 1.165) is 12.0 Å². The summed E-state index contributed by atoms with van der Waals surface area (Å²) in [5.41, 5.74) is 10.9. The van der Waals surface area contributed by atoms with Gasteiger partial charge in [0.1, 0.15) is 0 Å². The quantitative estimate of drug-likeness (QED) is 0.483. The van der Waals surface area contributed by atoms with Crippen molar-refractivity contribution in [2.75, 3.05) is 13.2 Å². The summed E-state index contributed by atoms with van der Waals surface area (Å²) >= 11 is 0. The van der Waals surface area contributed by atoms with E-state index in [4.69, 9.17) is 5.53 Å². The van der Waals surface area contributed by atoms with Crippen molar-refractivity contribution in [3.8, 4) is 0 Å². The van der Waals surface area contributed by atoms with Crippen LogP contribution in [0.2, 0.25) is 0 Å². The third kappa shape index (κ3) is 4.40. The molecule has 0 heterocycles. The molecule has 0 aliphatic heterocycles. The van der Waals surface area contributed by atoms with Crippen LogP contribution in [0.25, 0.3) is 10.4 Å². The molecule has 0 saturated heterocycles. The van der Waals surface area contributed by atoms with Crippen molar-refractivity contribution >= 4 is 0 Å². The van der Waals surface area contributed by atoms with E-state index in [9.17, 15) is 5.11 Å². The lowest BCUT2D eigenvalue weighted by Gasteiger charge is -2.19. The Bertz CT molecular complexity index is 414. The molecule has 98 valence electrons. The minimum Gasteiger partial charge on any atom is -0.396 e. The number of aliphatic hydroxyl groups excluding tert-OH is 1. The number of benzene rings is 1. The van der Waals surface area contributed by atoms with Crippen LogP contribution in [-0.2, 0) is 11.8 Å². The molecule has 0 amide bonds. The normalized spacial score (nSPS) is 12.9. The van der Waals surface area contributed by atoms with E-state index in [0.29, 0.717) is 6.54 Å². The van der Waals surface area contributed by atoms with Crippen LogP contribution >= 0.6 is 0 Å². The summed E-state index contributed by atoms with van der Waals surface area (Å²) in [6.45, 7) is 6.93. The van der Waals surface area contributed by atoms with Gasteiger partial charge in [0.25, 0.3) is 0 Å². The second-order valence-electron chi connectivity index (χ2n) is 5.61. The largest absolute Gasteiger partial charge is 0.396 e. The van der Waals surface area contributed by atoms with Crippen molar-refractivity contribution in [1.29, 1.82) is 0 Å². The van der Waals surface area contributed by atoms with Crippen LogP contribution in [0, 0.1) is 5.92 Å². The van der Waals surface area contributed by atoms with Crippen LogP contribution in [-0.4, -0.2) is 18.3 Å². The highest BCUT2D eigenvalue weighted by Gasteiger charge is 2.13. The van der Waals surface area contributed by atoms with Crippen LogP contribution in [0.3, 0.4) is 0 Å². The standard InChI is InChI=1S/C14H21N3O/c1-14(2,3)13-6-4-11(5-7-13)8-12(10-18)9-16-17-15/h4-7,12,18H,8-10H2,1-3H3/t12-/m0/s1. The summed E-state index contributed by atoms with van der Waals surface area (Å²) in [6.07, 6.45) is 0.736. The third-order valence-corrected chi connectivity index (χ3v) is 3.01. The van der Waals surface area contributed by atoms with Gasteiger partial charge in [0.2, 0.25) is 0 Å². The van der Waals surface area contributed by atoms with Gasteiger partial charge in [-0.25, -0.2) is 0 Å². The van der Waals surface area contributed by atoms with Crippen LogP contribution in [0.5, 0.6) is 0 Å². The number of rotatable bonds is 5. The van der Waals surface area contributed by atoms with E-state index in [1.54, 1.807) is 0 Å². The van der Waals surface area contributed by atoms with Crippen LogP contribution in [0.15, 0.2) is 29.4 Å². The minimum atomic E-state index is 0.00128. The van der Waals surface area contributed by atoms with E-state index in [1.807, 2.05) is 0 Å². The lowest BCUT2D eigenvalue weighted by Crippen LogP contribution is -2.14. The Hall–Kier alpha value is -1.51. The van der Waals surface area contributed by atoms with Gasteiger partial charge in [-0.15, -0.1) is 0 Å². The molecule has 0 saturated carbocycles. The second-order valence-corrected chi connectivity index (χ2v) is 5.61. The number of azide groups is 1. The third-order valence-electron chi connectivity index (χ3n) is 3.01. The summed E-state index contributed by atoms with van der Waals surface area (Å²) in [5.74, 6) is 0.00128. The maximum absolute atomic E-state index is 9.21. The van der Waals surface area contributed by atoms with Gasteiger partial charge >= 0.3 is 0 Å². The summed E-state index contributed by atoms with van der Waals surface area (Å²) in [6, 6.07) is 8.41. The van der Waals surface area contributed by atoms with Crippen molar-refractivity contribution in [2.24, 2.45) is 11.0 Å². The van der Waals surface area contributed by atoms with E-state index >= 15 is 0 Å². The highest BCUT2D eigenvalue weighted by atomic mass is 16.3. The van der Waals surface area contributed by atoms with Gasteiger partial charge in [0.15, 0.2) is 0 Å². The van der Waals surface area contributed by atoms with Gasteiger partial charge in [-0.1, -0.05) is 50.2 Å². The fourth-order valence-electron chi connectivity index (χ4n) is 1.81. The molecule has 0 fully saturated rings. The Balaban J connectivity index is 2.70. The maximum Gasteiger partial charge on any atom is 0.0463 e. The van der Waals surface area contributed by atoms with E-state index in [-0.39, 0.29) is 17.9 Å². The molecule has 1 aromatic carbocycles. The van der Waals surface area contributed by atoms with Gasteiger partial charge < -0.3 is 5.11 Å². The predicted molar refractivity (Wildman–Crippen MR) is 73.4 cm³/mol. The zero-order chi connectivity index (χ0) is 13.6. The molecule has 0 radical (unpaired) electrons. The summed E-state index contributed by atoms with van der Waals surface area (Å²) < 4.78 is 0. The van der Waals surface area contributed by atoms with Crippen molar-refractivity contribution < 1.29 is 5.11 Å². The molecule has 1 rings (SSSR count). The molecular weight excluding hydrogens is 226 g/mol. The SMILES string of the molecule is CC(C)(C)c1ccc(C[C@H](CO)CN=[N+]=[N-])cc1. The lowest BCUT2D eigenvalue weighted by molar-refractivity contribution is 0.230. The van der Waals surface area contributed by atoms with Gasteiger partial charge in [-0.2, -0.15) is 0 Å². The van der Waals surface area contributed by atoms with E-state index in [2.05, 4.69) is 55.1 Å². The van der Waals surface area contributed by atoms with Crippen molar-refractivity contribution in [3.05, 3.63) is 45.8 Å². The number of hydrogen-bond acceptors (Lipinski definition) is 2. The average Bonchev–Trinajstić information content (AvgIpc) is 2.34. The predicted octanol–water partition coefficient (Wildman–Crippen LogP) is 3.45. The topological polar surface area (TPSA) is 69.0 Å². The smallest absolute Gasteiger partial charge is 0.0463 e. The zero-order valence-corrected chi connectivity index (χ0v) is 11.3. The molecule has 0 aromatic heterocycles. The zero-order valence-electron chi connectivity index (χ0n) is 11.3. The lowest BCUT2D eigenvalue weighted by atomic mass is 9.86. The fraction of sp³-hybridized carbons (Fsp3) is 0.571. The summed E-state index contributed by atoms with van der Waals surface area (Å²) in [4.78, 5) is 2.73. The van der Waals surface area contributed by atoms with E-state index < -0.39 is 0 Å². The van der Waals surface area contributed by atoms with Gasteiger partial charge in [-0.3, -0.25) is 0 Å². The molecule has 0 bridgehead atoms. The number of hydrogen-bond donors (Lipinski definition) is 1. The fourth-order valence-corrected chi connectivity index (χ4v) is 1.81. The molecule has 1 N–H and O–H groups in total. The summed E-state index contributed by atoms with van der Waals surface area (Å²) in [7, 11) is 0. The molecule has 18 heavy (non-hydrogen) atoms. The van der Waals surface area contributed by atoms with Gasteiger partial charge in [0.05, 0.1) is 0 Å². The minimum absolute atomic E-state index is 0.00128. The molecule has 1 atom stereocenters. The monoisotopic (exact) mass is 247 g/mol. The Morgan fingerprint density at radius 2 is 1.89 bits per heavy atom. The summed E-state index contributed by atoms with van der Waals surface area (Å²) in [5, 5.41) is 12.7. The Morgan fingerprint density at radius 1 is 1.28 bits per heavy atom. The highest BCUT2D eigenvalue weighted by Crippen LogP contribution is 2.22.